The van der Waals surface area contributed by atoms with E-state index in [0.29, 0.717) is 5.92 Å². The number of nitrogen functional groups attached to an aromatic ring is 1. The van der Waals surface area contributed by atoms with Crippen LogP contribution in [0.4, 0.5) is 5.69 Å². The van der Waals surface area contributed by atoms with Crippen molar-refractivity contribution in [1.82, 2.24) is 4.90 Å². The molecule has 3 heteroatoms. The molecule has 0 fully saturated rings. The van der Waals surface area contributed by atoms with E-state index in [1.165, 1.54) is 0 Å². The highest BCUT2D eigenvalue weighted by molar-refractivity contribution is 5.47. The molecule has 1 aromatic rings. The summed E-state index contributed by atoms with van der Waals surface area (Å²) in [6.45, 7) is 6.37. The average molecular weight is 222 g/mol. The number of rotatable bonds is 5. The summed E-state index contributed by atoms with van der Waals surface area (Å²) in [5, 5.41) is 0. The van der Waals surface area contributed by atoms with Crippen LogP contribution in [-0.4, -0.2) is 25.6 Å². The van der Waals surface area contributed by atoms with Gasteiger partial charge in [0, 0.05) is 24.3 Å². The molecule has 0 saturated carbocycles. The van der Waals surface area contributed by atoms with Gasteiger partial charge in [0.25, 0.3) is 0 Å². The van der Waals surface area contributed by atoms with Gasteiger partial charge in [0.1, 0.15) is 5.75 Å². The third-order valence-corrected chi connectivity index (χ3v) is 2.42. The summed E-state index contributed by atoms with van der Waals surface area (Å²) in [5.74, 6) is 1.57. The fourth-order valence-corrected chi connectivity index (χ4v) is 1.90. The van der Waals surface area contributed by atoms with Crippen LogP contribution in [0.1, 0.15) is 19.4 Å². The minimum absolute atomic E-state index is 0.664. The summed E-state index contributed by atoms with van der Waals surface area (Å²) in [6, 6.07) is 5.77. The average Bonchev–Trinajstić information content (AvgIpc) is 2.16. The van der Waals surface area contributed by atoms with Gasteiger partial charge in [0.2, 0.25) is 0 Å². The molecule has 0 aliphatic heterocycles. The molecule has 0 aliphatic carbocycles. The highest BCUT2D eigenvalue weighted by atomic mass is 16.5. The number of nitrogens with two attached hydrogens (primary N) is 1. The van der Waals surface area contributed by atoms with Crippen molar-refractivity contribution >= 4 is 5.69 Å². The standard InChI is InChI=1S/C13H22N2O/c1-10(2)8-15(3)9-11-7-12(14)5-6-13(11)16-4/h5-7,10H,8-9,14H2,1-4H3. The van der Waals surface area contributed by atoms with Gasteiger partial charge in [0.05, 0.1) is 7.11 Å². The Morgan fingerprint density at radius 1 is 1.38 bits per heavy atom. The predicted molar refractivity (Wildman–Crippen MR) is 68.6 cm³/mol. The molecule has 0 aromatic heterocycles. The van der Waals surface area contributed by atoms with Crippen molar-refractivity contribution in [3.8, 4) is 5.75 Å². The van der Waals surface area contributed by atoms with Crippen LogP contribution in [0.15, 0.2) is 18.2 Å². The second-order valence-electron chi connectivity index (χ2n) is 4.66. The molecule has 1 aromatic carbocycles. The van der Waals surface area contributed by atoms with Crippen LogP contribution < -0.4 is 10.5 Å². The fourth-order valence-electron chi connectivity index (χ4n) is 1.90. The minimum atomic E-state index is 0.664. The molecule has 0 bridgehead atoms. The van der Waals surface area contributed by atoms with Crippen molar-refractivity contribution < 1.29 is 4.74 Å². The van der Waals surface area contributed by atoms with Crippen LogP contribution in [0.2, 0.25) is 0 Å². The number of ether oxygens (including phenoxy) is 1. The Morgan fingerprint density at radius 2 is 2.06 bits per heavy atom. The van der Waals surface area contributed by atoms with Gasteiger partial charge in [-0.15, -0.1) is 0 Å². The Bertz CT molecular complexity index is 337. The first-order valence-corrected chi connectivity index (χ1v) is 5.64. The number of nitrogens with zero attached hydrogens (tertiary/aromatic N) is 1. The lowest BCUT2D eigenvalue weighted by molar-refractivity contribution is 0.283. The number of hydrogen-bond donors (Lipinski definition) is 1. The second-order valence-corrected chi connectivity index (χ2v) is 4.66. The van der Waals surface area contributed by atoms with Crippen molar-refractivity contribution in [3.63, 3.8) is 0 Å². The zero-order valence-electron chi connectivity index (χ0n) is 10.7. The van der Waals surface area contributed by atoms with Crippen LogP contribution in [0.25, 0.3) is 0 Å². The number of hydrogen-bond acceptors (Lipinski definition) is 3. The number of methoxy groups -OCH3 is 1. The van der Waals surface area contributed by atoms with Crippen LogP contribution >= 0.6 is 0 Å². The normalized spacial score (nSPS) is 11.1. The monoisotopic (exact) mass is 222 g/mol. The summed E-state index contributed by atoms with van der Waals surface area (Å²) < 4.78 is 5.32. The molecule has 0 unspecified atom stereocenters. The molecule has 0 atom stereocenters. The van der Waals surface area contributed by atoms with Crippen molar-refractivity contribution in [2.24, 2.45) is 5.92 Å². The fraction of sp³-hybridized carbons (Fsp3) is 0.538. The minimum Gasteiger partial charge on any atom is -0.496 e. The molecule has 0 aliphatic rings. The molecule has 0 radical (unpaired) electrons. The van der Waals surface area contributed by atoms with E-state index >= 15 is 0 Å². The Hall–Kier alpha value is -1.22. The number of anilines is 1. The van der Waals surface area contributed by atoms with Crippen LogP contribution in [0.5, 0.6) is 5.75 Å². The van der Waals surface area contributed by atoms with E-state index in [1.807, 2.05) is 18.2 Å². The van der Waals surface area contributed by atoms with E-state index < -0.39 is 0 Å². The van der Waals surface area contributed by atoms with E-state index in [1.54, 1.807) is 7.11 Å². The Labute approximate surface area is 98.2 Å². The maximum absolute atomic E-state index is 5.79. The summed E-state index contributed by atoms with van der Waals surface area (Å²) in [4.78, 5) is 2.28. The van der Waals surface area contributed by atoms with Crippen molar-refractivity contribution in [2.75, 3.05) is 26.4 Å². The molecule has 1 rings (SSSR count). The smallest absolute Gasteiger partial charge is 0.123 e. The maximum Gasteiger partial charge on any atom is 0.123 e. The first kappa shape index (κ1) is 12.8. The first-order valence-electron chi connectivity index (χ1n) is 5.64. The highest BCUT2D eigenvalue weighted by Crippen LogP contribution is 2.22. The molecular formula is C13H22N2O. The highest BCUT2D eigenvalue weighted by Gasteiger charge is 2.08. The molecule has 0 heterocycles. The van der Waals surface area contributed by atoms with E-state index in [2.05, 4.69) is 25.8 Å². The molecule has 0 amide bonds. The lowest BCUT2D eigenvalue weighted by Crippen LogP contribution is -2.23. The lowest BCUT2D eigenvalue weighted by atomic mass is 10.1. The van der Waals surface area contributed by atoms with Gasteiger partial charge in [-0.1, -0.05) is 13.8 Å². The van der Waals surface area contributed by atoms with Gasteiger partial charge in [0.15, 0.2) is 0 Å². The third-order valence-electron chi connectivity index (χ3n) is 2.42. The largest absolute Gasteiger partial charge is 0.496 e. The van der Waals surface area contributed by atoms with Gasteiger partial charge in [-0.3, -0.25) is 0 Å². The van der Waals surface area contributed by atoms with Crippen molar-refractivity contribution in [3.05, 3.63) is 23.8 Å². The van der Waals surface area contributed by atoms with Gasteiger partial charge >= 0.3 is 0 Å². The SMILES string of the molecule is COc1ccc(N)cc1CN(C)CC(C)C. The molecule has 16 heavy (non-hydrogen) atoms. The molecule has 2 N–H and O–H groups in total. The predicted octanol–water partition coefficient (Wildman–Crippen LogP) is 2.37. The lowest BCUT2D eigenvalue weighted by Gasteiger charge is -2.20. The summed E-state index contributed by atoms with van der Waals surface area (Å²) >= 11 is 0. The van der Waals surface area contributed by atoms with Crippen molar-refractivity contribution in [2.45, 2.75) is 20.4 Å². The summed E-state index contributed by atoms with van der Waals surface area (Å²) in [5.41, 5.74) is 7.72. The zero-order chi connectivity index (χ0) is 12.1. The third kappa shape index (κ3) is 3.74. The molecule has 90 valence electrons. The van der Waals surface area contributed by atoms with Gasteiger partial charge in [-0.2, -0.15) is 0 Å². The molecular weight excluding hydrogens is 200 g/mol. The summed E-state index contributed by atoms with van der Waals surface area (Å²) in [7, 11) is 3.81. The van der Waals surface area contributed by atoms with Crippen LogP contribution in [0.3, 0.4) is 0 Å². The number of benzene rings is 1. The van der Waals surface area contributed by atoms with Gasteiger partial charge < -0.3 is 15.4 Å². The molecule has 0 spiro atoms. The topological polar surface area (TPSA) is 38.5 Å². The Kier molecular flexibility index (Phi) is 4.62. The van der Waals surface area contributed by atoms with Crippen LogP contribution in [0, 0.1) is 5.92 Å². The molecule has 3 nitrogen and oxygen atoms in total. The Balaban J connectivity index is 2.74. The maximum atomic E-state index is 5.79. The molecule has 0 saturated heterocycles. The van der Waals surface area contributed by atoms with E-state index in [4.69, 9.17) is 10.5 Å². The quantitative estimate of drug-likeness (QED) is 0.777. The van der Waals surface area contributed by atoms with Crippen LogP contribution in [-0.2, 0) is 6.54 Å². The van der Waals surface area contributed by atoms with E-state index in [0.717, 1.165) is 30.1 Å². The van der Waals surface area contributed by atoms with Crippen molar-refractivity contribution in [1.29, 1.82) is 0 Å². The second kappa shape index (κ2) is 5.75. The zero-order valence-corrected chi connectivity index (χ0v) is 10.7. The Morgan fingerprint density at radius 3 is 2.62 bits per heavy atom. The van der Waals surface area contributed by atoms with Gasteiger partial charge in [-0.05, 0) is 31.2 Å². The summed E-state index contributed by atoms with van der Waals surface area (Å²) in [6.07, 6.45) is 0. The van der Waals surface area contributed by atoms with Gasteiger partial charge in [-0.25, -0.2) is 0 Å². The van der Waals surface area contributed by atoms with E-state index in [-0.39, 0.29) is 0 Å². The first-order chi connectivity index (χ1) is 7.52. The van der Waals surface area contributed by atoms with E-state index in [9.17, 15) is 0 Å².